The van der Waals surface area contributed by atoms with Crippen molar-refractivity contribution in [3.05, 3.63) is 574 Å². The van der Waals surface area contributed by atoms with Crippen LogP contribution in [0.4, 0.5) is 0 Å². The smallest absolute Gasteiger partial charge is 0.143 e. The maximum absolute atomic E-state index is 6.27. The maximum Gasteiger partial charge on any atom is 0.143 e. The zero-order valence-corrected chi connectivity index (χ0v) is 83.1. The van der Waals surface area contributed by atoms with Gasteiger partial charge >= 0.3 is 0 Å². The van der Waals surface area contributed by atoms with Gasteiger partial charge in [-0.25, -0.2) is 0 Å². The average molecular weight is 1900 g/mol. The highest BCUT2D eigenvalue weighted by molar-refractivity contribution is 6.18. The van der Waals surface area contributed by atoms with Gasteiger partial charge in [-0.05, 0) is 225 Å². The molecule has 5 heteroatoms. The van der Waals surface area contributed by atoms with Crippen LogP contribution in [-0.4, -0.2) is 13.7 Å². The van der Waals surface area contributed by atoms with Crippen molar-refractivity contribution in [1.29, 1.82) is 0 Å². The molecule has 704 valence electrons. The van der Waals surface area contributed by atoms with E-state index in [0.717, 1.165) is 44.2 Å². The standard InChI is InChI=1S/3C31H23N.2C25H18O/c1-22-25(23-12-4-2-5-13-23)17-10-18-26(22)28-19-11-20-29-27-16-8-9-21-30(27)32(31(28)29)24-14-6-3-7-15-24;1-22-19-20-24(21-29(22)23-11-4-2-5-12-23)26-16-10-17-28-27-15-8-9-18-30(27)32(31(26)28)25-13-6-3-7-14-25;1-22-11-5-6-16-26(22)23-12-9-13-24(21-23)27-18-10-19-29-28-17-7-8-20-30(28)32(31(27)29)25-14-3-2-4-15-25;1-17-9-2-3-10-18(17)19-11-4-5-12-20(19)22-14-8-15-23-21-13-6-7-16-24(21)26-25(22)23;1-17-9-7-13-20(24(17)18-10-3-2-4-11-18)22-15-8-14-21-19-12-5-6-16-23(19)26-25(21)22/h3*2-21H,1H3;2*2-16H,1H3. The Bertz CT molecular complexity index is 9730. The minimum Gasteiger partial charge on any atom is -0.455 e. The van der Waals surface area contributed by atoms with E-state index >= 15 is 0 Å². The third-order valence-corrected chi connectivity index (χ3v) is 29.2. The Morgan fingerprint density at radius 1 is 0.149 bits per heavy atom. The van der Waals surface area contributed by atoms with Crippen LogP contribution in [0.2, 0.25) is 0 Å². The van der Waals surface area contributed by atoms with E-state index in [9.17, 15) is 0 Å². The van der Waals surface area contributed by atoms with Gasteiger partial charge in [0.15, 0.2) is 0 Å². The summed E-state index contributed by atoms with van der Waals surface area (Å²) in [5, 5.41) is 12.3. The van der Waals surface area contributed by atoms with Crippen molar-refractivity contribution < 1.29 is 8.83 Å². The molecule has 0 N–H and O–H groups in total. The molecule has 0 aliphatic rings. The summed E-state index contributed by atoms with van der Waals surface area (Å²) in [4.78, 5) is 0. The van der Waals surface area contributed by atoms with Crippen LogP contribution in [0, 0.1) is 34.6 Å². The molecule has 0 radical (unpaired) electrons. The molecule has 5 aromatic heterocycles. The molecule has 0 spiro atoms. The summed E-state index contributed by atoms with van der Waals surface area (Å²) in [6.45, 7) is 10.9. The minimum atomic E-state index is 0.934. The first-order valence-electron chi connectivity index (χ1n) is 50.9. The van der Waals surface area contributed by atoms with Gasteiger partial charge in [-0.1, -0.05) is 467 Å². The van der Waals surface area contributed by atoms with Gasteiger partial charge in [0.25, 0.3) is 0 Å². The quantitative estimate of drug-likeness (QED) is 0.115. The lowest BCUT2D eigenvalue weighted by Gasteiger charge is -2.15. The monoisotopic (exact) mass is 1900 g/mol. The van der Waals surface area contributed by atoms with Crippen LogP contribution in [-0.2, 0) is 0 Å². The van der Waals surface area contributed by atoms with E-state index in [2.05, 4.69) is 570 Å². The van der Waals surface area contributed by atoms with Gasteiger partial charge < -0.3 is 22.5 Å². The number of furan rings is 2. The molecule has 28 rings (SSSR count). The zero-order chi connectivity index (χ0) is 99.5. The SMILES string of the molecule is Cc1c(-c2ccccc2)cccc1-c1cccc2c3ccccc3n(-c3ccccc3)c12.Cc1ccc(-c2cccc3c4ccccc4n(-c4ccccc4)c23)cc1-c1ccccc1.Cc1cccc(-c2cccc3c2oc2ccccc23)c1-c1ccccc1.Cc1ccccc1-c1cccc(-c2cccc3c4ccccc4n(-c4ccccc4)c23)c1.Cc1ccccc1-c1ccccc1-c1cccc2c1oc1ccccc12. The predicted molar refractivity (Wildman–Crippen MR) is 628 cm³/mol. The second-order valence-electron chi connectivity index (χ2n) is 38.1. The van der Waals surface area contributed by atoms with Crippen LogP contribution in [0.15, 0.2) is 555 Å². The summed E-state index contributed by atoms with van der Waals surface area (Å²) in [6.07, 6.45) is 0. The van der Waals surface area contributed by atoms with Gasteiger partial charge in [0.1, 0.15) is 22.3 Å². The molecule has 0 aliphatic carbocycles. The number of rotatable bonds is 13. The average Bonchev–Trinajstić information content (AvgIpc) is 1.58. The third-order valence-electron chi connectivity index (χ3n) is 29.2. The van der Waals surface area contributed by atoms with Crippen molar-refractivity contribution in [2.45, 2.75) is 34.6 Å². The number of hydrogen-bond donors (Lipinski definition) is 0. The van der Waals surface area contributed by atoms with Crippen molar-refractivity contribution in [2.24, 2.45) is 0 Å². The number of fused-ring (bicyclic) bond motifs is 15. The van der Waals surface area contributed by atoms with Crippen molar-refractivity contribution in [1.82, 2.24) is 13.7 Å². The van der Waals surface area contributed by atoms with Crippen LogP contribution < -0.4 is 0 Å². The van der Waals surface area contributed by atoms with E-state index in [4.69, 9.17) is 8.83 Å². The molecule has 0 saturated heterocycles. The van der Waals surface area contributed by atoms with Crippen molar-refractivity contribution in [2.75, 3.05) is 0 Å². The molecule has 5 heterocycles. The highest BCUT2D eigenvalue weighted by atomic mass is 16.3. The second-order valence-corrected chi connectivity index (χ2v) is 38.1. The van der Waals surface area contributed by atoms with E-state index in [-0.39, 0.29) is 0 Å². The number of para-hydroxylation sites is 13. The lowest BCUT2D eigenvalue weighted by Crippen LogP contribution is -1.96. The third kappa shape index (κ3) is 17.3. The Balaban J connectivity index is 0.0000000991. The molecule has 0 unspecified atom stereocenters. The van der Waals surface area contributed by atoms with Gasteiger partial charge in [0, 0.05) is 98.7 Å². The molecule has 5 nitrogen and oxygen atoms in total. The fourth-order valence-corrected chi connectivity index (χ4v) is 22.2. The summed E-state index contributed by atoms with van der Waals surface area (Å²) < 4.78 is 19.7. The number of aryl methyl sites for hydroxylation is 4. The lowest BCUT2D eigenvalue weighted by molar-refractivity contribution is 0.669. The van der Waals surface area contributed by atoms with E-state index in [1.807, 2.05) is 24.3 Å². The molecule has 23 aromatic carbocycles. The Morgan fingerprint density at radius 3 is 0.912 bits per heavy atom. The molecule has 0 bridgehead atoms. The van der Waals surface area contributed by atoms with Gasteiger partial charge in [-0.2, -0.15) is 0 Å². The van der Waals surface area contributed by atoms with Crippen LogP contribution in [0.5, 0.6) is 0 Å². The fourth-order valence-electron chi connectivity index (χ4n) is 22.2. The van der Waals surface area contributed by atoms with E-state index in [1.54, 1.807) is 0 Å². The minimum absolute atomic E-state index is 0.934. The summed E-state index contributed by atoms with van der Waals surface area (Å²) >= 11 is 0. The lowest BCUT2D eigenvalue weighted by atomic mass is 9.90. The van der Waals surface area contributed by atoms with Gasteiger partial charge in [-0.15, -0.1) is 0 Å². The van der Waals surface area contributed by atoms with Crippen LogP contribution in [0.3, 0.4) is 0 Å². The van der Waals surface area contributed by atoms with Gasteiger partial charge in [-0.3, -0.25) is 0 Å². The summed E-state index contributed by atoms with van der Waals surface area (Å²) in [5.41, 5.74) is 46.0. The van der Waals surface area contributed by atoms with Crippen LogP contribution in [0.25, 0.3) is 238 Å². The second kappa shape index (κ2) is 40.5. The van der Waals surface area contributed by atoms with Crippen LogP contribution >= 0.6 is 0 Å². The molecule has 0 aliphatic heterocycles. The van der Waals surface area contributed by atoms with Crippen LogP contribution in [0.1, 0.15) is 27.8 Å². The number of nitrogens with zero attached hydrogens (tertiary/aromatic N) is 3. The highest BCUT2D eigenvalue weighted by Gasteiger charge is 2.25. The highest BCUT2D eigenvalue weighted by Crippen LogP contribution is 2.48. The van der Waals surface area contributed by atoms with E-state index in [1.165, 1.54) is 221 Å². The Hall–Kier alpha value is -18.9. The fraction of sp³-hybridized carbons (Fsp3) is 0.0350. The normalized spacial score (nSPS) is 11.3. The Labute approximate surface area is 862 Å². The zero-order valence-electron chi connectivity index (χ0n) is 83.1. The van der Waals surface area contributed by atoms with Crippen molar-refractivity contribution in [3.8, 4) is 128 Å². The summed E-state index contributed by atoms with van der Waals surface area (Å²) in [5.74, 6) is 0. The molecule has 0 amide bonds. The molecule has 0 atom stereocenters. The van der Waals surface area contributed by atoms with Crippen molar-refractivity contribution in [3.63, 3.8) is 0 Å². The summed E-state index contributed by atoms with van der Waals surface area (Å²) in [6, 6.07) is 194. The van der Waals surface area contributed by atoms with Crippen molar-refractivity contribution >= 4 is 109 Å². The number of aromatic nitrogens is 3. The first-order valence-corrected chi connectivity index (χ1v) is 50.9. The van der Waals surface area contributed by atoms with Gasteiger partial charge in [0.05, 0.1) is 33.1 Å². The van der Waals surface area contributed by atoms with E-state index in [0.29, 0.717) is 0 Å². The molecule has 0 fully saturated rings. The maximum atomic E-state index is 6.27. The topological polar surface area (TPSA) is 41.1 Å². The number of benzene rings is 23. The Kier molecular flexibility index (Phi) is 25.0. The Morgan fingerprint density at radius 2 is 0.432 bits per heavy atom. The molecular weight excluding hydrogens is 1790 g/mol. The predicted octanol–water partition coefficient (Wildman–Crippen LogP) is 39.7. The first-order chi connectivity index (χ1) is 73.1. The molecule has 148 heavy (non-hydrogen) atoms. The molecule has 0 saturated carbocycles. The first kappa shape index (κ1) is 91.5. The largest absolute Gasteiger partial charge is 0.455 e. The number of hydrogen-bond acceptors (Lipinski definition) is 2. The molecular formula is C143H105N3O2. The van der Waals surface area contributed by atoms with Gasteiger partial charge in [0.2, 0.25) is 0 Å². The summed E-state index contributed by atoms with van der Waals surface area (Å²) in [7, 11) is 0. The molecule has 28 aromatic rings. The van der Waals surface area contributed by atoms with E-state index < -0.39 is 0 Å².